The van der Waals surface area contributed by atoms with E-state index in [2.05, 4.69) is 36.5 Å². The molecule has 0 atom stereocenters. The summed E-state index contributed by atoms with van der Waals surface area (Å²) in [5, 5.41) is 3.35. The maximum Gasteiger partial charge on any atom is 0.163 e. The highest BCUT2D eigenvalue weighted by atomic mass is 16.6. The van der Waals surface area contributed by atoms with Crippen LogP contribution < -0.4 is 14.8 Å². The van der Waals surface area contributed by atoms with Crippen LogP contribution >= 0.6 is 0 Å². The molecule has 0 saturated heterocycles. The summed E-state index contributed by atoms with van der Waals surface area (Å²) in [5.41, 5.74) is 3.32. The summed E-state index contributed by atoms with van der Waals surface area (Å²) >= 11 is 0. The second-order valence-corrected chi connectivity index (χ2v) is 4.35. The first-order valence-corrected chi connectivity index (χ1v) is 6.04. The quantitative estimate of drug-likeness (QED) is 0.872. The van der Waals surface area contributed by atoms with Crippen LogP contribution in [0.4, 0.5) is 11.4 Å². The highest BCUT2D eigenvalue weighted by Gasteiger charge is 2.11. The first kappa shape index (κ1) is 11.0. The Kier molecular flexibility index (Phi) is 2.81. The van der Waals surface area contributed by atoms with E-state index in [0.717, 1.165) is 22.9 Å². The topological polar surface area (TPSA) is 30.5 Å². The van der Waals surface area contributed by atoms with Gasteiger partial charge in [-0.1, -0.05) is 17.7 Å². The van der Waals surface area contributed by atoms with Crippen molar-refractivity contribution in [2.45, 2.75) is 6.92 Å². The van der Waals surface area contributed by atoms with Crippen LogP contribution in [0.5, 0.6) is 11.5 Å². The average molecular weight is 241 g/mol. The van der Waals surface area contributed by atoms with E-state index in [1.807, 2.05) is 18.2 Å². The van der Waals surface area contributed by atoms with Gasteiger partial charge in [0.1, 0.15) is 13.2 Å². The van der Waals surface area contributed by atoms with Gasteiger partial charge in [0, 0.05) is 17.4 Å². The molecular weight excluding hydrogens is 226 g/mol. The molecule has 0 spiro atoms. The molecule has 0 aliphatic carbocycles. The van der Waals surface area contributed by atoms with Crippen molar-refractivity contribution in [3.8, 4) is 11.5 Å². The maximum absolute atomic E-state index is 5.56. The molecule has 2 aromatic rings. The molecule has 3 nitrogen and oxygen atoms in total. The lowest BCUT2D eigenvalue weighted by Crippen LogP contribution is -2.15. The van der Waals surface area contributed by atoms with Gasteiger partial charge in [0.15, 0.2) is 11.5 Å². The third kappa shape index (κ3) is 2.25. The molecule has 1 aliphatic heterocycles. The van der Waals surface area contributed by atoms with Gasteiger partial charge in [-0.05, 0) is 31.2 Å². The number of rotatable bonds is 2. The van der Waals surface area contributed by atoms with Gasteiger partial charge in [0.25, 0.3) is 0 Å². The first-order chi connectivity index (χ1) is 8.81. The van der Waals surface area contributed by atoms with Crippen LogP contribution in [-0.2, 0) is 0 Å². The van der Waals surface area contributed by atoms with Crippen molar-refractivity contribution in [1.82, 2.24) is 0 Å². The summed E-state index contributed by atoms with van der Waals surface area (Å²) in [6.07, 6.45) is 0. The Morgan fingerprint density at radius 1 is 0.833 bits per heavy atom. The minimum absolute atomic E-state index is 0.612. The van der Waals surface area contributed by atoms with Gasteiger partial charge in [0.2, 0.25) is 0 Å². The zero-order valence-corrected chi connectivity index (χ0v) is 10.3. The van der Waals surface area contributed by atoms with Crippen molar-refractivity contribution in [2.24, 2.45) is 0 Å². The van der Waals surface area contributed by atoms with Crippen LogP contribution in [0.2, 0.25) is 0 Å². The molecular formula is C15H15NO2. The molecule has 0 aromatic heterocycles. The van der Waals surface area contributed by atoms with Crippen LogP contribution in [0.3, 0.4) is 0 Å². The van der Waals surface area contributed by atoms with E-state index in [4.69, 9.17) is 9.47 Å². The summed E-state index contributed by atoms with van der Waals surface area (Å²) < 4.78 is 11.0. The van der Waals surface area contributed by atoms with Gasteiger partial charge in [-0.25, -0.2) is 0 Å². The normalized spacial score (nSPS) is 13.2. The van der Waals surface area contributed by atoms with Crippen LogP contribution in [-0.4, -0.2) is 13.2 Å². The fourth-order valence-electron chi connectivity index (χ4n) is 1.92. The summed E-state index contributed by atoms with van der Waals surface area (Å²) in [4.78, 5) is 0. The van der Waals surface area contributed by atoms with E-state index in [-0.39, 0.29) is 0 Å². The molecule has 1 aliphatic rings. The van der Waals surface area contributed by atoms with Crippen molar-refractivity contribution >= 4 is 11.4 Å². The van der Waals surface area contributed by atoms with Gasteiger partial charge in [-0.3, -0.25) is 0 Å². The molecule has 92 valence electrons. The smallest absolute Gasteiger partial charge is 0.163 e. The van der Waals surface area contributed by atoms with Crippen LogP contribution in [0.15, 0.2) is 42.5 Å². The SMILES string of the molecule is Cc1ccc(Nc2ccc3c(c2)OCCO3)cc1. The zero-order valence-electron chi connectivity index (χ0n) is 10.3. The standard InChI is InChI=1S/C15H15NO2/c1-11-2-4-12(5-3-11)16-13-6-7-14-15(10-13)18-9-8-17-14/h2-7,10,16H,8-9H2,1H3. The molecule has 3 rings (SSSR count). The number of aryl methyl sites for hydroxylation is 1. The molecule has 2 aromatic carbocycles. The van der Waals surface area contributed by atoms with Gasteiger partial charge < -0.3 is 14.8 Å². The van der Waals surface area contributed by atoms with Crippen LogP contribution in [0.1, 0.15) is 5.56 Å². The summed E-state index contributed by atoms with van der Waals surface area (Å²) in [5.74, 6) is 1.62. The number of nitrogens with one attached hydrogen (secondary N) is 1. The Bertz CT molecular complexity index is 549. The molecule has 0 unspecified atom stereocenters. The molecule has 0 fully saturated rings. The number of benzene rings is 2. The highest BCUT2D eigenvalue weighted by Crippen LogP contribution is 2.33. The highest BCUT2D eigenvalue weighted by molar-refractivity contribution is 5.63. The van der Waals surface area contributed by atoms with Crippen molar-refractivity contribution in [1.29, 1.82) is 0 Å². The number of fused-ring (bicyclic) bond motifs is 1. The second kappa shape index (κ2) is 4.61. The van der Waals surface area contributed by atoms with Crippen LogP contribution in [0.25, 0.3) is 0 Å². The lowest BCUT2D eigenvalue weighted by Gasteiger charge is -2.19. The van der Waals surface area contributed by atoms with E-state index >= 15 is 0 Å². The Morgan fingerprint density at radius 2 is 1.50 bits per heavy atom. The third-order valence-electron chi connectivity index (χ3n) is 2.88. The van der Waals surface area contributed by atoms with Gasteiger partial charge >= 0.3 is 0 Å². The van der Waals surface area contributed by atoms with E-state index in [0.29, 0.717) is 13.2 Å². The van der Waals surface area contributed by atoms with Gasteiger partial charge in [-0.2, -0.15) is 0 Å². The lowest BCUT2D eigenvalue weighted by atomic mass is 10.2. The van der Waals surface area contributed by atoms with Crippen molar-refractivity contribution < 1.29 is 9.47 Å². The predicted octanol–water partition coefficient (Wildman–Crippen LogP) is 3.51. The van der Waals surface area contributed by atoms with Crippen molar-refractivity contribution in [3.63, 3.8) is 0 Å². The summed E-state index contributed by atoms with van der Waals surface area (Å²) in [7, 11) is 0. The molecule has 0 radical (unpaired) electrons. The van der Waals surface area contributed by atoms with E-state index < -0.39 is 0 Å². The maximum atomic E-state index is 5.56. The fraction of sp³-hybridized carbons (Fsp3) is 0.200. The molecule has 3 heteroatoms. The van der Waals surface area contributed by atoms with Crippen LogP contribution in [0, 0.1) is 6.92 Å². The summed E-state index contributed by atoms with van der Waals surface area (Å²) in [6.45, 7) is 3.31. The predicted molar refractivity (Wildman–Crippen MR) is 71.9 cm³/mol. The number of ether oxygens (including phenoxy) is 2. The van der Waals surface area contributed by atoms with E-state index in [9.17, 15) is 0 Å². The minimum atomic E-state index is 0.612. The molecule has 1 heterocycles. The molecule has 18 heavy (non-hydrogen) atoms. The van der Waals surface area contributed by atoms with Crippen molar-refractivity contribution in [2.75, 3.05) is 18.5 Å². The zero-order chi connectivity index (χ0) is 12.4. The number of anilines is 2. The largest absolute Gasteiger partial charge is 0.486 e. The number of hydrogen-bond donors (Lipinski definition) is 1. The lowest BCUT2D eigenvalue weighted by molar-refractivity contribution is 0.171. The Hall–Kier alpha value is -2.16. The Morgan fingerprint density at radius 3 is 2.28 bits per heavy atom. The molecule has 0 bridgehead atoms. The second-order valence-electron chi connectivity index (χ2n) is 4.35. The molecule has 1 N–H and O–H groups in total. The molecule has 0 saturated carbocycles. The first-order valence-electron chi connectivity index (χ1n) is 6.04. The third-order valence-corrected chi connectivity index (χ3v) is 2.88. The minimum Gasteiger partial charge on any atom is -0.486 e. The molecule has 0 amide bonds. The van der Waals surface area contributed by atoms with Gasteiger partial charge in [-0.15, -0.1) is 0 Å². The Balaban J connectivity index is 1.82. The average Bonchev–Trinajstić information content (AvgIpc) is 2.41. The van der Waals surface area contributed by atoms with E-state index in [1.54, 1.807) is 0 Å². The summed E-state index contributed by atoms with van der Waals surface area (Å²) in [6, 6.07) is 14.2. The number of hydrogen-bond acceptors (Lipinski definition) is 3. The monoisotopic (exact) mass is 241 g/mol. The van der Waals surface area contributed by atoms with Gasteiger partial charge in [0.05, 0.1) is 0 Å². The Labute approximate surface area is 106 Å². The van der Waals surface area contributed by atoms with Crippen molar-refractivity contribution in [3.05, 3.63) is 48.0 Å². The fourth-order valence-corrected chi connectivity index (χ4v) is 1.92. The van der Waals surface area contributed by atoms with E-state index in [1.165, 1.54) is 5.56 Å².